The van der Waals surface area contributed by atoms with E-state index < -0.39 is 0 Å². The Morgan fingerprint density at radius 3 is 2.53 bits per heavy atom. The van der Waals surface area contributed by atoms with Crippen LogP contribution in [0.1, 0.15) is 12.8 Å². The Morgan fingerprint density at radius 2 is 1.94 bits per heavy atom. The van der Waals surface area contributed by atoms with Gasteiger partial charge in [-0.1, -0.05) is 0 Å². The van der Waals surface area contributed by atoms with Crippen molar-refractivity contribution in [3.8, 4) is 0 Å². The van der Waals surface area contributed by atoms with E-state index in [1.54, 1.807) is 0 Å². The zero-order valence-electron chi connectivity index (χ0n) is 9.74. The number of hydrogen-bond acceptors (Lipinski definition) is 4. The molecule has 2 heterocycles. The van der Waals surface area contributed by atoms with Crippen molar-refractivity contribution in [2.24, 2.45) is 0 Å². The van der Waals surface area contributed by atoms with Crippen molar-refractivity contribution in [2.45, 2.75) is 25.0 Å². The maximum absolute atomic E-state index is 11.8. The van der Waals surface area contributed by atoms with E-state index in [1.165, 1.54) is 0 Å². The van der Waals surface area contributed by atoms with Gasteiger partial charge in [-0.2, -0.15) is 0 Å². The fourth-order valence-electron chi connectivity index (χ4n) is 2.00. The third-order valence-electron chi connectivity index (χ3n) is 2.86. The van der Waals surface area contributed by atoms with Crippen LogP contribution in [0.15, 0.2) is 0 Å². The van der Waals surface area contributed by atoms with Gasteiger partial charge in [0.2, 0.25) is 0 Å². The predicted molar refractivity (Wildman–Crippen MR) is 71.1 cm³/mol. The summed E-state index contributed by atoms with van der Waals surface area (Å²) in [6.45, 7) is 4.04. The molecule has 2 aliphatic heterocycles. The zero-order chi connectivity index (χ0) is 10.5. The van der Waals surface area contributed by atoms with Crippen LogP contribution in [0.5, 0.6) is 0 Å². The molecule has 7 heteroatoms. The molecule has 0 aromatic carbocycles. The number of carbonyl (C=O) groups excluding carboxylic acids is 1. The minimum absolute atomic E-state index is 0. The molecule has 3 N–H and O–H groups in total. The third-order valence-corrected chi connectivity index (χ3v) is 2.86. The second-order valence-electron chi connectivity index (χ2n) is 4.12. The summed E-state index contributed by atoms with van der Waals surface area (Å²) < 4.78 is 5.39. The lowest BCUT2D eigenvalue weighted by Gasteiger charge is -2.28. The standard InChI is InChI=1S/C10H19N3O2.2ClH/c14-10(9-7-12-4-5-15-9)13-8-2-1-3-11-6-8;;/h8-9,11-12H,1-7H2,(H,13,14);2*1H/t8?,9-;;/m1../s1. The topological polar surface area (TPSA) is 62.4 Å². The molecule has 0 aromatic heterocycles. The van der Waals surface area contributed by atoms with Crippen molar-refractivity contribution in [2.75, 3.05) is 32.8 Å². The summed E-state index contributed by atoms with van der Waals surface area (Å²) in [5.41, 5.74) is 0. The van der Waals surface area contributed by atoms with Gasteiger partial charge in [-0.25, -0.2) is 0 Å². The average molecular weight is 286 g/mol. The van der Waals surface area contributed by atoms with Gasteiger partial charge in [-0.3, -0.25) is 4.79 Å². The average Bonchev–Trinajstić information content (AvgIpc) is 2.31. The van der Waals surface area contributed by atoms with Crippen molar-refractivity contribution >= 4 is 30.7 Å². The summed E-state index contributed by atoms with van der Waals surface area (Å²) in [5, 5.41) is 9.45. The van der Waals surface area contributed by atoms with Crippen LogP contribution in [0.25, 0.3) is 0 Å². The van der Waals surface area contributed by atoms with E-state index in [4.69, 9.17) is 4.74 Å². The molecule has 0 spiro atoms. The summed E-state index contributed by atoms with van der Waals surface area (Å²) in [7, 11) is 0. The number of ether oxygens (including phenoxy) is 1. The smallest absolute Gasteiger partial charge is 0.250 e. The Hall–Kier alpha value is -0.0700. The molecular formula is C10H21Cl2N3O2. The second-order valence-corrected chi connectivity index (χ2v) is 4.12. The highest BCUT2D eigenvalue weighted by Crippen LogP contribution is 2.03. The molecule has 1 unspecified atom stereocenters. The van der Waals surface area contributed by atoms with Gasteiger partial charge in [0.25, 0.3) is 5.91 Å². The SMILES string of the molecule is Cl.Cl.O=C(NC1CCCNC1)[C@H]1CNCCO1. The summed E-state index contributed by atoms with van der Waals surface area (Å²) >= 11 is 0. The van der Waals surface area contributed by atoms with Crippen molar-refractivity contribution < 1.29 is 9.53 Å². The highest BCUT2D eigenvalue weighted by molar-refractivity contribution is 5.85. The number of hydrogen-bond donors (Lipinski definition) is 3. The summed E-state index contributed by atoms with van der Waals surface area (Å²) in [6, 6.07) is 0.275. The monoisotopic (exact) mass is 285 g/mol. The molecule has 0 aliphatic carbocycles. The van der Waals surface area contributed by atoms with E-state index >= 15 is 0 Å². The molecule has 2 aliphatic rings. The van der Waals surface area contributed by atoms with Crippen molar-refractivity contribution in [1.29, 1.82) is 0 Å². The van der Waals surface area contributed by atoms with Crippen LogP contribution in [-0.2, 0) is 9.53 Å². The van der Waals surface area contributed by atoms with E-state index in [9.17, 15) is 4.79 Å². The first kappa shape index (κ1) is 16.9. The van der Waals surface area contributed by atoms with Gasteiger partial charge in [0.15, 0.2) is 0 Å². The first-order valence-corrected chi connectivity index (χ1v) is 5.69. The largest absolute Gasteiger partial charge is 0.366 e. The van der Waals surface area contributed by atoms with Crippen LogP contribution >= 0.6 is 24.8 Å². The maximum atomic E-state index is 11.8. The van der Waals surface area contributed by atoms with Gasteiger partial charge >= 0.3 is 0 Å². The third kappa shape index (κ3) is 5.40. The normalized spacial score (nSPS) is 28.5. The van der Waals surface area contributed by atoms with Crippen LogP contribution in [0.2, 0.25) is 0 Å². The van der Waals surface area contributed by atoms with E-state index in [1.807, 2.05) is 0 Å². The molecule has 1 amide bonds. The van der Waals surface area contributed by atoms with Gasteiger partial charge < -0.3 is 20.7 Å². The predicted octanol–water partition coefficient (Wildman–Crippen LogP) is -0.313. The van der Waals surface area contributed by atoms with Gasteiger partial charge in [0, 0.05) is 25.7 Å². The van der Waals surface area contributed by atoms with Crippen LogP contribution in [0.4, 0.5) is 0 Å². The van der Waals surface area contributed by atoms with E-state index in [-0.39, 0.29) is 42.9 Å². The van der Waals surface area contributed by atoms with E-state index in [0.717, 1.165) is 32.5 Å². The zero-order valence-corrected chi connectivity index (χ0v) is 11.4. The molecule has 0 saturated carbocycles. The number of halogens is 2. The minimum atomic E-state index is -0.305. The van der Waals surface area contributed by atoms with Gasteiger partial charge in [0.1, 0.15) is 6.10 Å². The number of carbonyl (C=O) groups is 1. The fraction of sp³-hybridized carbons (Fsp3) is 0.900. The first-order valence-electron chi connectivity index (χ1n) is 5.69. The Morgan fingerprint density at radius 1 is 1.18 bits per heavy atom. The van der Waals surface area contributed by atoms with Gasteiger partial charge in [0.05, 0.1) is 6.61 Å². The highest BCUT2D eigenvalue weighted by atomic mass is 35.5. The number of piperidine rings is 1. The number of amides is 1. The Bertz CT molecular complexity index is 220. The fourth-order valence-corrected chi connectivity index (χ4v) is 2.00. The Kier molecular flexibility index (Phi) is 8.90. The van der Waals surface area contributed by atoms with Crippen molar-refractivity contribution in [1.82, 2.24) is 16.0 Å². The molecule has 17 heavy (non-hydrogen) atoms. The van der Waals surface area contributed by atoms with Crippen LogP contribution in [0.3, 0.4) is 0 Å². The van der Waals surface area contributed by atoms with Gasteiger partial charge in [-0.05, 0) is 19.4 Å². The van der Waals surface area contributed by atoms with E-state index in [0.29, 0.717) is 13.2 Å². The summed E-state index contributed by atoms with van der Waals surface area (Å²) in [5.74, 6) is 0.0240. The summed E-state index contributed by atoms with van der Waals surface area (Å²) in [6.07, 6.45) is 1.90. The molecule has 102 valence electrons. The van der Waals surface area contributed by atoms with Crippen molar-refractivity contribution in [3.63, 3.8) is 0 Å². The maximum Gasteiger partial charge on any atom is 0.250 e. The second kappa shape index (κ2) is 8.94. The molecule has 2 rings (SSSR count). The lowest BCUT2D eigenvalue weighted by molar-refractivity contribution is -0.135. The lowest BCUT2D eigenvalue weighted by atomic mass is 10.1. The van der Waals surface area contributed by atoms with Crippen molar-refractivity contribution in [3.05, 3.63) is 0 Å². The number of nitrogens with one attached hydrogen (secondary N) is 3. The lowest BCUT2D eigenvalue weighted by Crippen LogP contribution is -2.53. The Balaban J connectivity index is 0.00000128. The molecule has 2 saturated heterocycles. The van der Waals surface area contributed by atoms with Gasteiger partial charge in [-0.15, -0.1) is 24.8 Å². The molecule has 0 bridgehead atoms. The van der Waals surface area contributed by atoms with Crippen LogP contribution in [-0.4, -0.2) is 50.8 Å². The van der Waals surface area contributed by atoms with E-state index in [2.05, 4.69) is 16.0 Å². The van der Waals surface area contributed by atoms with Crippen LogP contribution in [0, 0.1) is 0 Å². The first-order chi connectivity index (χ1) is 7.36. The minimum Gasteiger partial charge on any atom is -0.366 e. The molecule has 2 atom stereocenters. The molecule has 2 fully saturated rings. The molecular weight excluding hydrogens is 265 g/mol. The number of morpholine rings is 1. The van der Waals surface area contributed by atoms with Crippen LogP contribution < -0.4 is 16.0 Å². The summed E-state index contributed by atoms with van der Waals surface area (Å²) in [4.78, 5) is 11.8. The highest BCUT2D eigenvalue weighted by Gasteiger charge is 2.24. The molecule has 0 aromatic rings. The Labute approximate surface area is 114 Å². The number of rotatable bonds is 2. The molecule has 0 radical (unpaired) electrons. The molecule has 5 nitrogen and oxygen atoms in total. The quantitative estimate of drug-likeness (QED) is 0.651.